The summed E-state index contributed by atoms with van der Waals surface area (Å²) in [5.74, 6) is -2.39. The number of aliphatic hydroxyl groups excluding tert-OH is 1. The number of rotatable bonds is 4. The molecule has 0 fully saturated rings. The van der Waals surface area contributed by atoms with Crippen LogP contribution in [0.15, 0.2) is 23.1 Å². The first-order valence-electron chi connectivity index (χ1n) is 4.42. The van der Waals surface area contributed by atoms with Gasteiger partial charge in [0.15, 0.2) is 0 Å². The van der Waals surface area contributed by atoms with Crippen LogP contribution >= 0.6 is 23.4 Å². The zero-order valence-corrected chi connectivity index (χ0v) is 9.71. The Morgan fingerprint density at radius 1 is 1.47 bits per heavy atom. The zero-order chi connectivity index (χ0) is 11.5. The third-order valence-electron chi connectivity index (χ3n) is 1.85. The average Bonchev–Trinajstić information content (AvgIpc) is 2.21. The van der Waals surface area contributed by atoms with Crippen molar-refractivity contribution in [3.63, 3.8) is 0 Å². The highest BCUT2D eigenvalue weighted by molar-refractivity contribution is 7.99. The molecule has 84 valence electrons. The van der Waals surface area contributed by atoms with E-state index in [4.69, 9.17) is 16.7 Å². The van der Waals surface area contributed by atoms with Gasteiger partial charge in [-0.15, -0.1) is 11.8 Å². The Bertz CT molecular complexity index is 344. The Morgan fingerprint density at radius 3 is 2.60 bits per heavy atom. The molecule has 5 heteroatoms. The van der Waals surface area contributed by atoms with E-state index in [2.05, 4.69) is 0 Å². The third kappa shape index (κ3) is 3.06. The molecule has 0 saturated carbocycles. The van der Waals surface area contributed by atoms with Gasteiger partial charge in [0.05, 0.1) is 5.02 Å². The number of alkyl halides is 2. The van der Waals surface area contributed by atoms with E-state index in [9.17, 15) is 8.78 Å². The predicted molar refractivity (Wildman–Crippen MR) is 58.8 cm³/mol. The number of aliphatic hydroxyl groups is 1. The molecular weight excluding hydrogens is 242 g/mol. The molecule has 1 aromatic rings. The molecule has 0 bridgehead atoms. The Labute approximate surface area is 96.4 Å². The van der Waals surface area contributed by atoms with Crippen molar-refractivity contribution in [1.29, 1.82) is 0 Å². The van der Waals surface area contributed by atoms with Crippen molar-refractivity contribution < 1.29 is 13.9 Å². The fraction of sp³-hybridized carbons (Fsp3) is 0.400. The van der Waals surface area contributed by atoms with Crippen LogP contribution in [0.25, 0.3) is 0 Å². The Hall–Kier alpha value is -0.320. The fourth-order valence-electron chi connectivity index (χ4n) is 1.09. The summed E-state index contributed by atoms with van der Waals surface area (Å²) in [7, 11) is 0. The highest BCUT2D eigenvalue weighted by Crippen LogP contribution is 2.33. The van der Waals surface area contributed by atoms with Crippen LogP contribution in [0.4, 0.5) is 8.78 Å². The predicted octanol–water partition coefficient (Wildman–Crippen LogP) is 3.54. The van der Waals surface area contributed by atoms with Crippen molar-refractivity contribution in [3.05, 3.63) is 28.8 Å². The second-order valence-corrected chi connectivity index (χ2v) is 4.65. The van der Waals surface area contributed by atoms with E-state index in [1.54, 1.807) is 6.07 Å². The van der Waals surface area contributed by atoms with Crippen molar-refractivity contribution in [2.75, 3.05) is 12.4 Å². The molecule has 0 unspecified atom stereocenters. The number of hydrogen-bond acceptors (Lipinski definition) is 2. The summed E-state index contributed by atoms with van der Waals surface area (Å²) in [6.07, 6.45) is 0. The van der Waals surface area contributed by atoms with Crippen molar-refractivity contribution in [3.8, 4) is 0 Å². The van der Waals surface area contributed by atoms with E-state index in [1.807, 2.05) is 6.92 Å². The number of halogens is 3. The monoisotopic (exact) mass is 252 g/mol. The highest BCUT2D eigenvalue weighted by Gasteiger charge is 2.30. The fourth-order valence-corrected chi connectivity index (χ4v) is 2.11. The average molecular weight is 253 g/mol. The van der Waals surface area contributed by atoms with Gasteiger partial charge in [-0.05, 0) is 17.9 Å². The topological polar surface area (TPSA) is 20.2 Å². The second-order valence-electron chi connectivity index (χ2n) is 2.94. The van der Waals surface area contributed by atoms with Gasteiger partial charge in [0.25, 0.3) is 5.92 Å². The van der Waals surface area contributed by atoms with E-state index < -0.39 is 12.5 Å². The van der Waals surface area contributed by atoms with Gasteiger partial charge in [-0.25, -0.2) is 0 Å². The van der Waals surface area contributed by atoms with Crippen LogP contribution in [0, 0.1) is 0 Å². The molecule has 0 aliphatic carbocycles. The summed E-state index contributed by atoms with van der Waals surface area (Å²) in [6.45, 7) is 0.751. The molecular formula is C10H11ClF2OS. The van der Waals surface area contributed by atoms with Crippen LogP contribution < -0.4 is 0 Å². The molecule has 0 aliphatic rings. The smallest absolute Gasteiger partial charge is 0.295 e. The van der Waals surface area contributed by atoms with Gasteiger partial charge >= 0.3 is 0 Å². The third-order valence-corrected chi connectivity index (χ3v) is 3.23. The largest absolute Gasteiger partial charge is 0.390 e. The molecule has 1 nitrogen and oxygen atoms in total. The maximum atomic E-state index is 13.1. The molecule has 0 aromatic heterocycles. The quantitative estimate of drug-likeness (QED) is 0.828. The van der Waals surface area contributed by atoms with Gasteiger partial charge in [0, 0.05) is 10.5 Å². The lowest BCUT2D eigenvalue weighted by molar-refractivity contribution is -0.0556. The Morgan fingerprint density at radius 2 is 2.13 bits per heavy atom. The number of hydrogen-bond donors (Lipinski definition) is 1. The first-order valence-corrected chi connectivity index (χ1v) is 5.79. The molecule has 0 amide bonds. The van der Waals surface area contributed by atoms with Gasteiger partial charge < -0.3 is 5.11 Å². The van der Waals surface area contributed by atoms with E-state index in [0.717, 1.165) is 10.6 Å². The summed E-state index contributed by atoms with van der Waals surface area (Å²) < 4.78 is 26.1. The summed E-state index contributed by atoms with van der Waals surface area (Å²) in [5, 5.41) is 8.81. The van der Waals surface area contributed by atoms with Crippen LogP contribution in [0.2, 0.25) is 5.02 Å². The van der Waals surface area contributed by atoms with E-state index in [1.165, 1.54) is 23.9 Å². The molecule has 0 atom stereocenters. The first kappa shape index (κ1) is 12.7. The molecule has 1 aromatic carbocycles. The van der Waals surface area contributed by atoms with Crippen molar-refractivity contribution >= 4 is 23.4 Å². The summed E-state index contributed by atoms with van der Waals surface area (Å²) in [5.41, 5.74) is -0.254. The first-order chi connectivity index (χ1) is 7.01. The molecule has 0 saturated heterocycles. The van der Waals surface area contributed by atoms with Crippen LogP contribution in [0.1, 0.15) is 12.5 Å². The number of thioether (sulfide) groups is 1. The minimum Gasteiger partial charge on any atom is -0.390 e. The molecule has 0 heterocycles. The summed E-state index contributed by atoms with van der Waals surface area (Å²) in [4.78, 5) is 0.775. The lowest BCUT2D eigenvalue weighted by Gasteiger charge is -2.14. The van der Waals surface area contributed by atoms with Crippen molar-refractivity contribution in [2.24, 2.45) is 0 Å². The normalized spacial score (nSPS) is 11.8. The summed E-state index contributed by atoms with van der Waals surface area (Å²) in [6, 6.07) is 4.05. The van der Waals surface area contributed by atoms with Crippen LogP contribution in [0.5, 0.6) is 0 Å². The second kappa shape index (κ2) is 5.14. The van der Waals surface area contributed by atoms with Gasteiger partial charge in [0.2, 0.25) is 0 Å². The van der Waals surface area contributed by atoms with Crippen molar-refractivity contribution in [1.82, 2.24) is 0 Å². The molecule has 1 rings (SSSR count). The molecule has 0 aliphatic heterocycles. The van der Waals surface area contributed by atoms with Gasteiger partial charge in [-0.2, -0.15) is 8.78 Å². The van der Waals surface area contributed by atoms with Gasteiger partial charge in [0.1, 0.15) is 6.61 Å². The standard InChI is InChI=1S/C10H11ClF2OS/c1-2-15-9-4-3-7(5-8(9)11)10(12,13)6-14/h3-5,14H,2,6H2,1H3. The van der Waals surface area contributed by atoms with Crippen LogP contribution in [-0.2, 0) is 5.92 Å². The van der Waals surface area contributed by atoms with Gasteiger partial charge in [-0.1, -0.05) is 24.6 Å². The zero-order valence-electron chi connectivity index (χ0n) is 8.14. The van der Waals surface area contributed by atoms with Gasteiger partial charge in [-0.3, -0.25) is 0 Å². The van der Waals surface area contributed by atoms with Crippen molar-refractivity contribution in [2.45, 2.75) is 17.7 Å². The van der Waals surface area contributed by atoms with E-state index in [0.29, 0.717) is 5.02 Å². The van der Waals surface area contributed by atoms with E-state index in [-0.39, 0.29) is 5.56 Å². The summed E-state index contributed by atoms with van der Waals surface area (Å²) >= 11 is 7.32. The molecule has 15 heavy (non-hydrogen) atoms. The lowest BCUT2D eigenvalue weighted by Crippen LogP contribution is -2.18. The Kier molecular flexibility index (Phi) is 4.37. The lowest BCUT2D eigenvalue weighted by atomic mass is 10.1. The maximum absolute atomic E-state index is 13.1. The van der Waals surface area contributed by atoms with E-state index >= 15 is 0 Å². The number of benzene rings is 1. The van der Waals surface area contributed by atoms with Crippen LogP contribution in [0.3, 0.4) is 0 Å². The molecule has 0 spiro atoms. The van der Waals surface area contributed by atoms with Crippen LogP contribution in [-0.4, -0.2) is 17.5 Å². The minimum atomic E-state index is -3.22. The maximum Gasteiger partial charge on any atom is 0.295 e. The molecule has 0 radical (unpaired) electrons. The molecule has 1 N–H and O–H groups in total. The minimum absolute atomic E-state index is 0.254. The highest BCUT2D eigenvalue weighted by atomic mass is 35.5. The SMILES string of the molecule is CCSc1ccc(C(F)(F)CO)cc1Cl. The Balaban J connectivity index is 3.01.